The van der Waals surface area contributed by atoms with Crippen LogP contribution in [0.5, 0.6) is 0 Å². The lowest BCUT2D eigenvalue weighted by Gasteiger charge is -2.03. The summed E-state index contributed by atoms with van der Waals surface area (Å²) in [4.78, 5) is 4.25. The topological polar surface area (TPSA) is 52.0 Å². The van der Waals surface area contributed by atoms with Gasteiger partial charge in [0.05, 0.1) is 19.7 Å². The molecule has 6 heteroatoms. The van der Waals surface area contributed by atoms with Gasteiger partial charge in [-0.3, -0.25) is 0 Å². The molecule has 0 aliphatic carbocycles. The molecule has 0 saturated carbocycles. The second-order valence-electron chi connectivity index (χ2n) is 4.12. The average Bonchev–Trinajstić information content (AvgIpc) is 2.85. The van der Waals surface area contributed by atoms with Crippen LogP contribution in [0.2, 0.25) is 5.02 Å². The third-order valence-corrected chi connectivity index (χ3v) is 3.01. The third-order valence-electron chi connectivity index (χ3n) is 2.64. The van der Waals surface area contributed by atoms with Crippen LogP contribution in [0.1, 0.15) is 11.4 Å². The summed E-state index contributed by atoms with van der Waals surface area (Å²) in [5, 5.41) is 8.34. The molecule has 0 amide bonds. The predicted molar refractivity (Wildman–Crippen MR) is 74.2 cm³/mol. The number of halogens is 1. The van der Waals surface area contributed by atoms with E-state index < -0.39 is 0 Å². The van der Waals surface area contributed by atoms with Crippen molar-refractivity contribution < 1.29 is 4.74 Å². The maximum absolute atomic E-state index is 6.11. The molecule has 1 aromatic heterocycles. The van der Waals surface area contributed by atoms with Crippen molar-refractivity contribution in [2.24, 2.45) is 0 Å². The molecule has 0 aliphatic rings. The summed E-state index contributed by atoms with van der Waals surface area (Å²) < 4.78 is 6.74. The van der Waals surface area contributed by atoms with E-state index in [1.54, 1.807) is 18.1 Å². The number of methoxy groups -OCH3 is 1. The molecule has 2 rings (SSSR count). The Morgan fingerprint density at radius 2 is 2.21 bits per heavy atom. The van der Waals surface area contributed by atoms with E-state index in [1.165, 1.54) is 0 Å². The molecule has 0 fully saturated rings. The minimum absolute atomic E-state index is 0.630. The second-order valence-corrected chi connectivity index (χ2v) is 4.53. The molecule has 0 spiro atoms. The van der Waals surface area contributed by atoms with Crippen LogP contribution in [0, 0.1) is 0 Å². The lowest BCUT2D eigenvalue weighted by molar-refractivity contribution is 0.199. The lowest BCUT2D eigenvalue weighted by atomic mass is 10.2. The lowest BCUT2D eigenvalue weighted by Crippen LogP contribution is -2.19. The Hall–Kier alpha value is -1.43. The van der Waals surface area contributed by atoms with E-state index in [4.69, 9.17) is 16.3 Å². The standard InChI is InChI=1S/C13H17ClN4O/c1-19-7-6-15-8-13-16-10-18(17-13)9-11-4-2-3-5-12(11)14/h2-5,10,15H,6-9H2,1H3. The van der Waals surface area contributed by atoms with Crippen LogP contribution in [0.3, 0.4) is 0 Å². The van der Waals surface area contributed by atoms with Crippen LogP contribution in [0.4, 0.5) is 0 Å². The molecule has 102 valence electrons. The second kappa shape index (κ2) is 7.23. The van der Waals surface area contributed by atoms with Gasteiger partial charge in [-0.1, -0.05) is 29.8 Å². The quantitative estimate of drug-likeness (QED) is 0.785. The zero-order valence-corrected chi connectivity index (χ0v) is 11.6. The van der Waals surface area contributed by atoms with E-state index in [0.29, 0.717) is 19.7 Å². The first-order valence-electron chi connectivity index (χ1n) is 6.11. The van der Waals surface area contributed by atoms with E-state index in [-0.39, 0.29) is 0 Å². The van der Waals surface area contributed by atoms with Crippen LogP contribution < -0.4 is 5.32 Å². The molecule has 0 unspecified atom stereocenters. The molecule has 0 bridgehead atoms. The molecule has 1 N–H and O–H groups in total. The summed E-state index contributed by atoms with van der Waals surface area (Å²) >= 11 is 6.11. The molecular formula is C13H17ClN4O. The molecule has 19 heavy (non-hydrogen) atoms. The maximum atomic E-state index is 6.11. The number of nitrogens with zero attached hydrogens (tertiary/aromatic N) is 3. The highest BCUT2D eigenvalue weighted by molar-refractivity contribution is 6.31. The van der Waals surface area contributed by atoms with Crippen LogP contribution >= 0.6 is 11.6 Å². The Kier molecular flexibility index (Phi) is 5.32. The van der Waals surface area contributed by atoms with Crippen molar-refractivity contribution >= 4 is 11.6 Å². The highest BCUT2D eigenvalue weighted by atomic mass is 35.5. The molecule has 0 radical (unpaired) electrons. The number of nitrogens with one attached hydrogen (secondary N) is 1. The van der Waals surface area contributed by atoms with E-state index in [1.807, 2.05) is 24.3 Å². The number of aromatic nitrogens is 3. The Morgan fingerprint density at radius 3 is 3.00 bits per heavy atom. The zero-order valence-electron chi connectivity index (χ0n) is 10.8. The van der Waals surface area contributed by atoms with Gasteiger partial charge in [-0.2, -0.15) is 5.10 Å². The van der Waals surface area contributed by atoms with Gasteiger partial charge in [0, 0.05) is 18.7 Å². The molecule has 5 nitrogen and oxygen atoms in total. The van der Waals surface area contributed by atoms with Crippen molar-refractivity contribution in [1.29, 1.82) is 0 Å². The normalized spacial score (nSPS) is 10.8. The summed E-state index contributed by atoms with van der Waals surface area (Å²) in [6, 6.07) is 7.74. The van der Waals surface area contributed by atoms with E-state index in [2.05, 4.69) is 15.4 Å². The summed E-state index contributed by atoms with van der Waals surface area (Å²) in [6.45, 7) is 2.74. The minimum atomic E-state index is 0.630. The van der Waals surface area contributed by atoms with Gasteiger partial charge in [0.15, 0.2) is 5.82 Å². The van der Waals surface area contributed by atoms with E-state index in [9.17, 15) is 0 Å². The van der Waals surface area contributed by atoms with Crippen molar-refractivity contribution in [3.8, 4) is 0 Å². The molecule has 0 atom stereocenters. The Labute approximate surface area is 117 Å². The summed E-state index contributed by atoms with van der Waals surface area (Å²) in [6.07, 6.45) is 1.72. The number of hydrogen-bond acceptors (Lipinski definition) is 4. The first-order valence-corrected chi connectivity index (χ1v) is 6.49. The first-order chi connectivity index (χ1) is 9.29. The van der Waals surface area contributed by atoms with Crippen LogP contribution in [0.15, 0.2) is 30.6 Å². The van der Waals surface area contributed by atoms with Crippen LogP contribution in [-0.2, 0) is 17.8 Å². The fourth-order valence-corrected chi connectivity index (χ4v) is 1.86. The minimum Gasteiger partial charge on any atom is -0.383 e. The Morgan fingerprint density at radius 1 is 1.37 bits per heavy atom. The van der Waals surface area contributed by atoms with E-state index in [0.717, 1.165) is 23.0 Å². The van der Waals surface area contributed by atoms with Gasteiger partial charge >= 0.3 is 0 Å². The van der Waals surface area contributed by atoms with Gasteiger partial charge in [0.25, 0.3) is 0 Å². The predicted octanol–water partition coefficient (Wildman–Crippen LogP) is 1.72. The number of rotatable bonds is 7. The van der Waals surface area contributed by atoms with E-state index >= 15 is 0 Å². The zero-order chi connectivity index (χ0) is 13.5. The summed E-state index contributed by atoms with van der Waals surface area (Å²) in [5.74, 6) is 0.767. The SMILES string of the molecule is COCCNCc1ncn(Cc2ccccc2Cl)n1. The van der Waals surface area contributed by atoms with Crippen molar-refractivity contribution in [3.05, 3.63) is 47.0 Å². The fourth-order valence-electron chi connectivity index (χ4n) is 1.67. The number of hydrogen-bond donors (Lipinski definition) is 1. The summed E-state index contributed by atoms with van der Waals surface area (Å²) in [7, 11) is 1.68. The highest BCUT2D eigenvalue weighted by Gasteiger charge is 2.03. The Bertz CT molecular complexity index is 515. The van der Waals surface area contributed by atoms with Gasteiger partial charge in [0.1, 0.15) is 6.33 Å². The molecular weight excluding hydrogens is 264 g/mol. The van der Waals surface area contributed by atoms with Crippen LogP contribution in [0.25, 0.3) is 0 Å². The number of benzene rings is 1. The van der Waals surface area contributed by atoms with Crippen molar-refractivity contribution in [2.45, 2.75) is 13.1 Å². The number of ether oxygens (including phenoxy) is 1. The van der Waals surface area contributed by atoms with Gasteiger partial charge in [-0.15, -0.1) is 0 Å². The molecule has 1 heterocycles. The van der Waals surface area contributed by atoms with Gasteiger partial charge < -0.3 is 10.1 Å². The molecule has 2 aromatic rings. The molecule has 0 saturated heterocycles. The highest BCUT2D eigenvalue weighted by Crippen LogP contribution is 2.15. The molecule has 1 aromatic carbocycles. The van der Waals surface area contributed by atoms with Crippen molar-refractivity contribution in [3.63, 3.8) is 0 Å². The van der Waals surface area contributed by atoms with Gasteiger partial charge in [0.2, 0.25) is 0 Å². The largest absolute Gasteiger partial charge is 0.383 e. The Balaban J connectivity index is 1.89. The summed E-state index contributed by atoms with van der Waals surface area (Å²) in [5.41, 5.74) is 1.04. The van der Waals surface area contributed by atoms with Crippen LogP contribution in [-0.4, -0.2) is 35.0 Å². The smallest absolute Gasteiger partial charge is 0.164 e. The first kappa shape index (κ1) is 14.0. The third kappa shape index (κ3) is 4.31. The fraction of sp³-hybridized carbons (Fsp3) is 0.385. The molecule has 0 aliphatic heterocycles. The van der Waals surface area contributed by atoms with Crippen molar-refractivity contribution in [2.75, 3.05) is 20.3 Å². The van der Waals surface area contributed by atoms with Gasteiger partial charge in [-0.25, -0.2) is 9.67 Å². The maximum Gasteiger partial charge on any atom is 0.164 e. The average molecular weight is 281 g/mol. The van der Waals surface area contributed by atoms with Crippen molar-refractivity contribution in [1.82, 2.24) is 20.1 Å². The monoisotopic (exact) mass is 280 g/mol. The van der Waals surface area contributed by atoms with Gasteiger partial charge in [-0.05, 0) is 11.6 Å².